The first-order valence-corrected chi connectivity index (χ1v) is 6.61. The Bertz CT molecular complexity index is 531. The van der Waals surface area contributed by atoms with Crippen molar-refractivity contribution in [3.63, 3.8) is 0 Å². The summed E-state index contributed by atoms with van der Waals surface area (Å²) in [4.78, 5) is 14.7. The summed E-state index contributed by atoms with van der Waals surface area (Å²) < 4.78 is 0. The zero-order valence-corrected chi connectivity index (χ0v) is 11.7. The van der Waals surface area contributed by atoms with Crippen LogP contribution in [0.2, 0.25) is 0 Å². The zero-order valence-electron chi connectivity index (χ0n) is 11.7. The smallest absolute Gasteiger partial charge is 0.335 e. The van der Waals surface area contributed by atoms with E-state index >= 15 is 0 Å². The van der Waals surface area contributed by atoms with Crippen molar-refractivity contribution in [3.05, 3.63) is 0 Å². The van der Waals surface area contributed by atoms with Crippen molar-refractivity contribution in [2.75, 3.05) is 6.61 Å². The summed E-state index contributed by atoms with van der Waals surface area (Å²) in [7, 11) is 0. The molecule has 8 atom stereocenters. The van der Waals surface area contributed by atoms with Gasteiger partial charge in [-0.3, -0.25) is 0 Å². The largest absolute Gasteiger partial charge is 0.479 e. The van der Waals surface area contributed by atoms with Crippen LogP contribution in [-0.4, -0.2) is 101 Å². The molecule has 2 rings (SSSR count). The fourth-order valence-electron chi connectivity index (χ4n) is 3.33. The van der Waals surface area contributed by atoms with E-state index in [4.69, 9.17) is 10.8 Å². The average molecular weight is 337 g/mol. The Morgan fingerprint density at radius 3 is 2.30 bits per heavy atom. The van der Waals surface area contributed by atoms with Crippen molar-refractivity contribution in [2.24, 2.45) is 16.6 Å². The molecule has 23 heavy (non-hydrogen) atoms. The van der Waals surface area contributed by atoms with Crippen molar-refractivity contribution < 1.29 is 45.6 Å². The number of hydrogen-bond acceptors (Lipinski definition) is 11. The summed E-state index contributed by atoms with van der Waals surface area (Å²) in [5.74, 6) is -4.21. The predicted octanol–water partition coefficient (Wildman–Crippen LogP) is -6.16. The number of nitrogens with zero attached hydrogens (tertiary/aromatic N) is 1. The summed E-state index contributed by atoms with van der Waals surface area (Å²) in [6, 6.07) is 0. The summed E-state index contributed by atoms with van der Waals surface area (Å²) >= 11 is 0. The fourth-order valence-corrected chi connectivity index (χ4v) is 3.33. The normalized spacial score (nSPS) is 48.0. The van der Waals surface area contributed by atoms with Crippen LogP contribution >= 0.6 is 0 Å². The van der Waals surface area contributed by atoms with E-state index in [1.165, 1.54) is 0 Å². The molecule has 0 aromatic heterocycles. The Hall–Kier alpha value is -1.54. The summed E-state index contributed by atoms with van der Waals surface area (Å²) in [6.07, 6.45) is -11.0. The van der Waals surface area contributed by atoms with Gasteiger partial charge in [0.1, 0.15) is 23.3 Å². The van der Waals surface area contributed by atoms with E-state index in [-0.39, 0.29) is 0 Å². The van der Waals surface area contributed by atoms with Crippen LogP contribution in [-0.2, 0) is 4.79 Å². The molecule has 1 fully saturated rings. The second-order valence-corrected chi connectivity index (χ2v) is 5.74. The molecule has 0 saturated heterocycles. The van der Waals surface area contributed by atoms with E-state index in [9.17, 15) is 40.5 Å². The molecule has 1 heterocycles. The van der Waals surface area contributed by atoms with Gasteiger partial charge in [0.05, 0.1) is 18.6 Å². The Kier molecular flexibility index (Phi) is 4.28. The number of carboxylic acids is 1. The predicted molar refractivity (Wildman–Crippen MR) is 70.7 cm³/mol. The Morgan fingerprint density at radius 1 is 1.26 bits per heavy atom. The molecule has 1 aliphatic carbocycles. The molecular weight excluding hydrogens is 318 g/mol. The number of carbonyl (C=O) groups is 1. The number of aliphatic hydroxyl groups excluding tert-OH is 6. The Balaban J connectivity index is 2.68. The highest BCUT2D eigenvalue weighted by molar-refractivity contribution is 5.83. The summed E-state index contributed by atoms with van der Waals surface area (Å²) in [6.45, 7) is -1.21. The monoisotopic (exact) mass is 337 g/mol. The maximum absolute atomic E-state index is 11.2. The summed E-state index contributed by atoms with van der Waals surface area (Å²) in [5.41, 5.74) is 0.252. The number of aliphatic carboxylic acids is 1. The van der Waals surface area contributed by atoms with Crippen LogP contribution in [0.25, 0.3) is 0 Å². The highest BCUT2D eigenvalue weighted by Crippen LogP contribution is 2.45. The van der Waals surface area contributed by atoms with Gasteiger partial charge in [-0.25, -0.2) is 9.79 Å². The van der Waals surface area contributed by atoms with E-state index < -0.39 is 66.2 Å². The van der Waals surface area contributed by atoms with Gasteiger partial charge in [-0.05, 0) is 0 Å². The van der Waals surface area contributed by atoms with Crippen molar-refractivity contribution in [2.45, 2.75) is 41.8 Å². The number of fused-ring (bicyclic) bond motifs is 1. The molecule has 2 unspecified atom stereocenters. The van der Waals surface area contributed by atoms with E-state index in [0.29, 0.717) is 0 Å². The molecule has 0 amide bonds. The third-order valence-electron chi connectivity index (χ3n) is 4.58. The van der Waals surface area contributed by atoms with Gasteiger partial charge >= 0.3 is 5.97 Å². The van der Waals surface area contributed by atoms with Crippen molar-refractivity contribution in [1.29, 1.82) is 0 Å². The molecule has 1 saturated carbocycles. The number of aliphatic imine (C=N–C) groups is 1. The lowest BCUT2D eigenvalue weighted by atomic mass is 9.58. The van der Waals surface area contributed by atoms with Crippen molar-refractivity contribution >= 4 is 11.9 Å². The van der Waals surface area contributed by atoms with E-state index in [2.05, 4.69) is 10.3 Å². The number of carboxylic acid groups (broad SMARTS) is 1. The minimum atomic E-state index is -2.68. The van der Waals surface area contributed by atoms with Crippen LogP contribution < -0.4 is 11.1 Å². The summed E-state index contributed by atoms with van der Waals surface area (Å²) in [5, 5.41) is 81.4. The van der Waals surface area contributed by atoms with E-state index in [1.54, 1.807) is 0 Å². The number of nitrogens with one attached hydrogen (secondary N) is 1. The van der Waals surface area contributed by atoms with Gasteiger partial charge < -0.3 is 51.9 Å². The lowest BCUT2D eigenvalue weighted by Gasteiger charge is -2.59. The Labute approximate surface area is 129 Å². The van der Waals surface area contributed by atoms with Gasteiger partial charge in [0, 0.05) is 0 Å². The van der Waals surface area contributed by atoms with Crippen LogP contribution in [0.4, 0.5) is 0 Å². The third-order valence-corrected chi connectivity index (χ3v) is 4.58. The molecule has 12 heteroatoms. The second kappa shape index (κ2) is 5.52. The molecule has 0 bridgehead atoms. The number of aliphatic hydroxyl groups is 7. The van der Waals surface area contributed by atoms with Crippen LogP contribution in [0.15, 0.2) is 4.99 Å². The molecular formula is C11H19N3O9. The minimum absolute atomic E-state index is 0.554. The van der Waals surface area contributed by atoms with Gasteiger partial charge in [0.25, 0.3) is 0 Å². The van der Waals surface area contributed by atoms with Gasteiger partial charge in [-0.1, -0.05) is 0 Å². The minimum Gasteiger partial charge on any atom is -0.479 e. The van der Waals surface area contributed by atoms with Gasteiger partial charge in [0.15, 0.2) is 18.3 Å². The quantitative estimate of drug-likeness (QED) is 0.233. The van der Waals surface area contributed by atoms with Gasteiger partial charge in [-0.15, -0.1) is 0 Å². The van der Waals surface area contributed by atoms with Gasteiger partial charge in [0.2, 0.25) is 0 Å². The molecule has 2 aliphatic rings. The first kappa shape index (κ1) is 17.8. The number of rotatable bonds is 3. The van der Waals surface area contributed by atoms with Crippen LogP contribution in [0.1, 0.15) is 0 Å². The molecule has 0 aromatic rings. The molecule has 0 radical (unpaired) electrons. The van der Waals surface area contributed by atoms with Crippen LogP contribution in [0.5, 0.6) is 0 Å². The lowest BCUT2D eigenvalue weighted by Crippen LogP contribution is -2.85. The topological polar surface area (TPSA) is 229 Å². The maximum Gasteiger partial charge on any atom is 0.335 e. The maximum atomic E-state index is 11.2. The molecule has 11 N–H and O–H groups in total. The first-order chi connectivity index (χ1) is 10.5. The second-order valence-electron chi connectivity index (χ2n) is 5.74. The standard InChI is InChI=1S/C11H19N3O9/c12-9-13-7(20)2-3(16)10(23,1-15)4(17)5(18)11(2,14-9)6(19)8(21)22/h2-7,15-20,23H,1H2,(H,21,22)(H3,12,13,14)/t2-,3-,4-,5?,6-,7-,10-,11?/m1/s1. The molecule has 12 nitrogen and oxygen atoms in total. The molecule has 0 aromatic carbocycles. The number of nitrogens with two attached hydrogens (primary N) is 1. The van der Waals surface area contributed by atoms with Crippen molar-refractivity contribution in [3.8, 4) is 0 Å². The molecule has 1 aliphatic heterocycles. The Morgan fingerprint density at radius 2 is 1.83 bits per heavy atom. The van der Waals surface area contributed by atoms with Crippen molar-refractivity contribution in [1.82, 2.24) is 5.32 Å². The SMILES string of the molecule is NC1=N[C@H](O)[C@H]2[C@@H](O)[C@](O)(CO)[C@H](O)C(O)C2([C@H](O)C(=O)O)N1. The zero-order chi connectivity index (χ0) is 17.7. The lowest BCUT2D eigenvalue weighted by molar-refractivity contribution is -0.284. The fraction of sp³-hybridized carbons (Fsp3) is 0.818. The van der Waals surface area contributed by atoms with E-state index in [1.807, 2.05) is 0 Å². The van der Waals surface area contributed by atoms with E-state index in [0.717, 1.165) is 0 Å². The highest BCUT2D eigenvalue weighted by atomic mass is 16.4. The highest BCUT2D eigenvalue weighted by Gasteiger charge is 2.71. The third kappa shape index (κ3) is 2.19. The van der Waals surface area contributed by atoms with Gasteiger partial charge in [-0.2, -0.15) is 0 Å². The first-order valence-electron chi connectivity index (χ1n) is 6.61. The average Bonchev–Trinajstić information content (AvgIpc) is 2.48. The number of hydrogen-bond donors (Lipinski definition) is 10. The van der Waals surface area contributed by atoms with Crippen LogP contribution in [0.3, 0.4) is 0 Å². The molecule has 0 spiro atoms. The van der Waals surface area contributed by atoms with Crippen LogP contribution in [0, 0.1) is 5.92 Å². The molecule has 132 valence electrons. The number of guanidine groups is 1.